The second-order valence-corrected chi connectivity index (χ2v) is 6.49. The Morgan fingerprint density at radius 1 is 0.897 bits per heavy atom. The van der Waals surface area contributed by atoms with Crippen molar-refractivity contribution in [1.29, 1.82) is 0 Å². The fourth-order valence-corrected chi connectivity index (χ4v) is 2.82. The van der Waals surface area contributed by atoms with E-state index in [0.717, 1.165) is 30.0 Å². The van der Waals surface area contributed by atoms with E-state index in [0.29, 0.717) is 17.9 Å². The molecule has 0 fully saturated rings. The smallest absolute Gasteiger partial charge is 0.251 e. The molecule has 0 atom stereocenters. The van der Waals surface area contributed by atoms with Crippen molar-refractivity contribution in [3.05, 3.63) is 83.6 Å². The Bertz CT molecular complexity index is 925. The van der Waals surface area contributed by atoms with Crippen molar-refractivity contribution in [3.63, 3.8) is 0 Å². The quantitative estimate of drug-likeness (QED) is 0.582. The number of hydrogen-bond acceptors (Lipinski definition) is 5. The zero-order chi connectivity index (χ0) is 20.5. The van der Waals surface area contributed by atoms with Crippen LogP contribution in [0.1, 0.15) is 21.5 Å². The van der Waals surface area contributed by atoms with Crippen LogP contribution in [0.3, 0.4) is 0 Å². The van der Waals surface area contributed by atoms with Crippen molar-refractivity contribution >= 4 is 11.7 Å². The van der Waals surface area contributed by atoms with Crippen molar-refractivity contribution < 1.29 is 14.3 Å². The molecule has 0 aliphatic carbocycles. The molecule has 6 heteroatoms. The van der Waals surface area contributed by atoms with Crippen molar-refractivity contribution in [3.8, 4) is 11.5 Å². The predicted molar refractivity (Wildman–Crippen MR) is 114 cm³/mol. The molecule has 0 saturated heterocycles. The number of rotatable bonds is 9. The number of anilines is 1. The van der Waals surface area contributed by atoms with Gasteiger partial charge in [-0.3, -0.25) is 4.79 Å². The van der Waals surface area contributed by atoms with Gasteiger partial charge in [0.1, 0.15) is 17.3 Å². The van der Waals surface area contributed by atoms with Crippen molar-refractivity contribution in [2.45, 2.75) is 13.0 Å². The summed E-state index contributed by atoms with van der Waals surface area (Å²) in [6, 6.07) is 19.0. The van der Waals surface area contributed by atoms with E-state index in [2.05, 4.69) is 15.6 Å². The first kappa shape index (κ1) is 20.2. The number of aromatic nitrogens is 1. The number of nitrogens with zero attached hydrogens (tertiary/aromatic N) is 1. The summed E-state index contributed by atoms with van der Waals surface area (Å²) in [5, 5.41) is 6.19. The molecule has 29 heavy (non-hydrogen) atoms. The second-order valence-electron chi connectivity index (χ2n) is 6.49. The van der Waals surface area contributed by atoms with Crippen LogP contribution in [-0.2, 0) is 13.0 Å². The molecule has 0 bridgehead atoms. The molecule has 0 unspecified atom stereocenters. The molecule has 1 aromatic heterocycles. The minimum absolute atomic E-state index is 0.138. The number of pyridine rings is 1. The monoisotopic (exact) mass is 391 g/mol. The minimum atomic E-state index is -0.138. The first-order chi connectivity index (χ1) is 14.2. The van der Waals surface area contributed by atoms with Crippen molar-refractivity contribution in [1.82, 2.24) is 10.3 Å². The van der Waals surface area contributed by atoms with E-state index in [1.165, 1.54) is 5.56 Å². The highest BCUT2D eigenvalue weighted by Crippen LogP contribution is 2.13. The van der Waals surface area contributed by atoms with Crippen LogP contribution in [0.15, 0.2) is 66.9 Å². The van der Waals surface area contributed by atoms with E-state index in [-0.39, 0.29) is 5.91 Å². The standard InChI is InChI=1S/C23H25N3O3/c1-28-20-7-3-17(4-8-20)11-13-24-22-15-19(12-14-25-22)23(27)26-16-18-5-9-21(29-2)10-6-18/h3-10,12,14-15H,11,13,16H2,1-2H3,(H,24,25)(H,26,27). The van der Waals surface area contributed by atoms with Crippen LogP contribution in [0.2, 0.25) is 0 Å². The van der Waals surface area contributed by atoms with Crippen LogP contribution in [0, 0.1) is 0 Å². The molecule has 2 aromatic carbocycles. The van der Waals surface area contributed by atoms with Gasteiger partial charge >= 0.3 is 0 Å². The van der Waals surface area contributed by atoms with Crippen LogP contribution in [0.5, 0.6) is 11.5 Å². The number of carbonyl (C=O) groups is 1. The fourth-order valence-electron chi connectivity index (χ4n) is 2.82. The van der Waals surface area contributed by atoms with E-state index < -0.39 is 0 Å². The topological polar surface area (TPSA) is 72.5 Å². The third-order valence-electron chi connectivity index (χ3n) is 4.51. The van der Waals surface area contributed by atoms with Crippen molar-refractivity contribution in [2.75, 3.05) is 26.1 Å². The number of methoxy groups -OCH3 is 2. The molecular weight excluding hydrogens is 366 g/mol. The lowest BCUT2D eigenvalue weighted by atomic mass is 10.1. The Hall–Kier alpha value is -3.54. The van der Waals surface area contributed by atoms with Crippen molar-refractivity contribution in [2.24, 2.45) is 0 Å². The van der Waals surface area contributed by atoms with Gasteiger partial charge in [-0.05, 0) is 53.9 Å². The molecule has 3 aromatic rings. The molecule has 6 nitrogen and oxygen atoms in total. The second kappa shape index (κ2) is 10.1. The highest BCUT2D eigenvalue weighted by molar-refractivity contribution is 5.94. The van der Waals surface area contributed by atoms with Gasteiger partial charge in [-0.1, -0.05) is 24.3 Å². The minimum Gasteiger partial charge on any atom is -0.497 e. The lowest BCUT2D eigenvalue weighted by Crippen LogP contribution is -2.23. The average molecular weight is 391 g/mol. The van der Waals surface area contributed by atoms with E-state index in [1.54, 1.807) is 32.5 Å². The van der Waals surface area contributed by atoms with Gasteiger partial charge in [0, 0.05) is 24.8 Å². The summed E-state index contributed by atoms with van der Waals surface area (Å²) in [7, 11) is 3.28. The van der Waals surface area contributed by atoms with Gasteiger partial charge in [-0.15, -0.1) is 0 Å². The lowest BCUT2D eigenvalue weighted by molar-refractivity contribution is 0.0951. The summed E-state index contributed by atoms with van der Waals surface area (Å²) in [5.74, 6) is 2.17. The Labute approximate surface area is 170 Å². The summed E-state index contributed by atoms with van der Waals surface area (Å²) in [6.07, 6.45) is 2.48. The highest BCUT2D eigenvalue weighted by atomic mass is 16.5. The maximum Gasteiger partial charge on any atom is 0.251 e. The SMILES string of the molecule is COc1ccc(CCNc2cc(C(=O)NCc3ccc(OC)cc3)ccn2)cc1. The van der Waals surface area contributed by atoms with Gasteiger partial charge in [0.2, 0.25) is 0 Å². The normalized spacial score (nSPS) is 10.3. The van der Waals surface area contributed by atoms with E-state index in [9.17, 15) is 4.79 Å². The Morgan fingerprint density at radius 2 is 1.52 bits per heavy atom. The number of amides is 1. The number of benzene rings is 2. The molecule has 150 valence electrons. The Morgan fingerprint density at radius 3 is 2.14 bits per heavy atom. The third-order valence-corrected chi connectivity index (χ3v) is 4.51. The molecule has 1 heterocycles. The van der Waals surface area contributed by atoms with Crippen LogP contribution in [0.25, 0.3) is 0 Å². The molecule has 0 aliphatic heterocycles. The van der Waals surface area contributed by atoms with E-state index in [4.69, 9.17) is 9.47 Å². The molecule has 0 aliphatic rings. The Kier molecular flexibility index (Phi) is 7.05. The molecule has 0 spiro atoms. The fraction of sp³-hybridized carbons (Fsp3) is 0.217. The van der Waals surface area contributed by atoms with E-state index >= 15 is 0 Å². The van der Waals surface area contributed by atoms with Gasteiger partial charge in [-0.2, -0.15) is 0 Å². The molecule has 2 N–H and O–H groups in total. The number of nitrogens with one attached hydrogen (secondary N) is 2. The largest absolute Gasteiger partial charge is 0.497 e. The maximum absolute atomic E-state index is 12.4. The molecule has 1 amide bonds. The predicted octanol–water partition coefficient (Wildman–Crippen LogP) is 3.68. The van der Waals surface area contributed by atoms with Gasteiger partial charge in [0.05, 0.1) is 14.2 Å². The summed E-state index contributed by atoms with van der Waals surface area (Å²) in [5.41, 5.74) is 2.78. The number of ether oxygens (including phenoxy) is 2. The molecule has 0 radical (unpaired) electrons. The summed E-state index contributed by atoms with van der Waals surface area (Å²) in [4.78, 5) is 16.7. The van der Waals surface area contributed by atoms with Gasteiger partial charge in [0.25, 0.3) is 5.91 Å². The Balaban J connectivity index is 1.50. The van der Waals surface area contributed by atoms with Crippen LogP contribution < -0.4 is 20.1 Å². The van der Waals surface area contributed by atoms with Gasteiger partial charge in [0.15, 0.2) is 0 Å². The van der Waals surface area contributed by atoms with E-state index in [1.807, 2.05) is 48.5 Å². The number of carbonyl (C=O) groups excluding carboxylic acids is 1. The molecule has 3 rings (SSSR count). The summed E-state index contributed by atoms with van der Waals surface area (Å²) in [6.45, 7) is 1.17. The third kappa shape index (κ3) is 5.97. The molecular formula is C23H25N3O3. The molecule has 0 saturated carbocycles. The summed E-state index contributed by atoms with van der Waals surface area (Å²) >= 11 is 0. The van der Waals surface area contributed by atoms with Gasteiger partial charge < -0.3 is 20.1 Å². The lowest BCUT2D eigenvalue weighted by Gasteiger charge is -2.09. The average Bonchev–Trinajstić information content (AvgIpc) is 2.78. The maximum atomic E-state index is 12.4. The zero-order valence-electron chi connectivity index (χ0n) is 16.6. The first-order valence-corrected chi connectivity index (χ1v) is 9.42. The van der Waals surface area contributed by atoms with Crippen LogP contribution in [-0.4, -0.2) is 31.7 Å². The highest BCUT2D eigenvalue weighted by Gasteiger charge is 2.07. The van der Waals surface area contributed by atoms with Gasteiger partial charge in [-0.25, -0.2) is 4.98 Å². The summed E-state index contributed by atoms with van der Waals surface area (Å²) < 4.78 is 10.3. The number of hydrogen-bond donors (Lipinski definition) is 2. The first-order valence-electron chi connectivity index (χ1n) is 9.42. The van der Waals surface area contributed by atoms with Crippen LogP contribution in [0.4, 0.5) is 5.82 Å². The van der Waals surface area contributed by atoms with Crippen LogP contribution >= 0.6 is 0 Å². The zero-order valence-corrected chi connectivity index (χ0v) is 16.6.